The van der Waals surface area contributed by atoms with E-state index in [1.165, 1.54) is 0 Å². The molecule has 5 heteroatoms. The average molecular weight is 577 g/mol. The Balaban J connectivity index is 1.40. The number of nitriles is 1. The zero-order chi connectivity index (χ0) is 30.2. The lowest BCUT2D eigenvalue weighted by Crippen LogP contribution is -2.01. The summed E-state index contributed by atoms with van der Waals surface area (Å²) < 4.78 is 6.55. The summed E-state index contributed by atoms with van der Waals surface area (Å²) in [5, 5.41) is 11.7. The standard InChI is InChI=1S/C40H24N4O/c41-25-26-10-9-15-31(24-26)32-22-23-34-33-16-7-8-17-35(33)45-37(34)36(32)40-43-38(29-13-5-2-6-14-29)42-39(44-40)30-20-18-28(19-21-30)27-11-3-1-4-12-27/h1-24H. The zero-order valence-electron chi connectivity index (χ0n) is 24.1. The van der Waals surface area contributed by atoms with Gasteiger partial charge in [0.1, 0.15) is 11.2 Å². The summed E-state index contributed by atoms with van der Waals surface area (Å²) >= 11 is 0. The fourth-order valence-corrected chi connectivity index (χ4v) is 5.78. The van der Waals surface area contributed by atoms with Crippen molar-refractivity contribution in [3.05, 3.63) is 151 Å². The maximum atomic E-state index is 9.68. The normalized spacial score (nSPS) is 11.1. The molecule has 0 radical (unpaired) electrons. The SMILES string of the molecule is N#Cc1cccc(-c2ccc3c(oc4ccccc43)c2-c2nc(-c3ccccc3)nc(-c3ccc(-c4ccccc4)cc3)n2)c1. The minimum absolute atomic E-state index is 0.494. The lowest BCUT2D eigenvalue weighted by molar-refractivity contribution is 0.669. The summed E-state index contributed by atoms with van der Waals surface area (Å²) in [6, 6.07) is 50.5. The van der Waals surface area contributed by atoms with Gasteiger partial charge >= 0.3 is 0 Å². The Morgan fingerprint density at radius 3 is 1.78 bits per heavy atom. The Kier molecular flexibility index (Phi) is 6.44. The van der Waals surface area contributed by atoms with Gasteiger partial charge in [-0.15, -0.1) is 0 Å². The third-order valence-corrected chi connectivity index (χ3v) is 7.99. The first-order valence-corrected chi connectivity index (χ1v) is 14.7. The molecule has 5 nitrogen and oxygen atoms in total. The fraction of sp³-hybridized carbons (Fsp3) is 0. The van der Waals surface area contributed by atoms with Crippen molar-refractivity contribution < 1.29 is 4.42 Å². The molecule has 6 aromatic carbocycles. The fourth-order valence-electron chi connectivity index (χ4n) is 5.78. The van der Waals surface area contributed by atoms with E-state index in [0.29, 0.717) is 28.6 Å². The highest BCUT2D eigenvalue weighted by molar-refractivity contribution is 6.12. The van der Waals surface area contributed by atoms with Gasteiger partial charge in [-0.2, -0.15) is 5.26 Å². The van der Waals surface area contributed by atoms with Crippen LogP contribution in [0.4, 0.5) is 0 Å². The molecule has 2 heterocycles. The van der Waals surface area contributed by atoms with Crippen LogP contribution in [0.3, 0.4) is 0 Å². The lowest BCUT2D eigenvalue weighted by Gasteiger charge is -2.13. The predicted octanol–water partition coefficient (Wildman–Crippen LogP) is 9.98. The van der Waals surface area contributed by atoms with E-state index < -0.39 is 0 Å². The Hall–Kier alpha value is -6.38. The van der Waals surface area contributed by atoms with Crippen LogP contribution in [0.2, 0.25) is 0 Å². The number of para-hydroxylation sites is 1. The van der Waals surface area contributed by atoms with Crippen LogP contribution in [-0.4, -0.2) is 15.0 Å². The number of hydrogen-bond acceptors (Lipinski definition) is 5. The number of hydrogen-bond donors (Lipinski definition) is 0. The van der Waals surface area contributed by atoms with Crippen LogP contribution in [0.25, 0.3) is 78.4 Å². The maximum Gasteiger partial charge on any atom is 0.168 e. The van der Waals surface area contributed by atoms with Crippen LogP contribution in [0.5, 0.6) is 0 Å². The van der Waals surface area contributed by atoms with Gasteiger partial charge in [-0.05, 0) is 46.5 Å². The number of benzene rings is 6. The van der Waals surface area contributed by atoms with Gasteiger partial charge in [-0.1, -0.05) is 121 Å². The molecule has 0 aliphatic heterocycles. The van der Waals surface area contributed by atoms with Crippen LogP contribution in [-0.2, 0) is 0 Å². The molecule has 0 saturated heterocycles. The summed E-state index contributed by atoms with van der Waals surface area (Å²) in [6.45, 7) is 0. The third kappa shape index (κ3) is 4.81. The first-order valence-electron chi connectivity index (χ1n) is 14.7. The average Bonchev–Trinajstić information content (AvgIpc) is 3.50. The Bertz CT molecular complexity index is 2370. The zero-order valence-corrected chi connectivity index (χ0v) is 24.1. The first kappa shape index (κ1) is 26.3. The van der Waals surface area contributed by atoms with Crippen molar-refractivity contribution in [3.8, 4) is 62.5 Å². The number of nitrogens with zero attached hydrogens (tertiary/aromatic N) is 4. The van der Waals surface area contributed by atoms with Crippen LogP contribution < -0.4 is 0 Å². The molecule has 0 atom stereocenters. The summed E-state index contributed by atoms with van der Waals surface area (Å²) in [6.07, 6.45) is 0. The van der Waals surface area contributed by atoms with Crippen molar-refractivity contribution in [2.45, 2.75) is 0 Å². The van der Waals surface area contributed by atoms with Crippen molar-refractivity contribution >= 4 is 21.9 Å². The molecule has 45 heavy (non-hydrogen) atoms. The van der Waals surface area contributed by atoms with E-state index >= 15 is 0 Å². The van der Waals surface area contributed by atoms with Gasteiger partial charge < -0.3 is 4.42 Å². The highest BCUT2D eigenvalue weighted by Crippen LogP contribution is 2.42. The smallest absolute Gasteiger partial charge is 0.168 e. The van der Waals surface area contributed by atoms with Gasteiger partial charge in [0.05, 0.1) is 17.2 Å². The minimum Gasteiger partial charge on any atom is -0.455 e. The lowest BCUT2D eigenvalue weighted by atomic mass is 9.95. The Morgan fingerprint density at radius 1 is 0.467 bits per heavy atom. The van der Waals surface area contributed by atoms with Crippen molar-refractivity contribution in [3.63, 3.8) is 0 Å². The van der Waals surface area contributed by atoms with E-state index in [2.05, 4.69) is 60.7 Å². The van der Waals surface area contributed by atoms with Crippen LogP contribution in [0, 0.1) is 11.3 Å². The molecule has 2 aromatic heterocycles. The molecule has 8 rings (SSSR count). The molecule has 0 bridgehead atoms. The topological polar surface area (TPSA) is 75.6 Å². The predicted molar refractivity (Wildman–Crippen MR) is 179 cm³/mol. The summed E-state index contributed by atoms with van der Waals surface area (Å²) in [5.41, 5.74) is 8.56. The van der Waals surface area contributed by atoms with Gasteiger partial charge in [-0.25, -0.2) is 15.0 Å². The van der Waals surface area contributed by atoms with E-state index in [0.717, 1.165) is 55.3 Å². The van der Waals surface area contributed by atoms with Crippen LogP contribution in [0.15, 0.2) is 150 Å². The molecule has 0 aliphatic rings. The Morgan fingerprint density at radius 2 is 1.04 bits per heavy atom. The molecule has 0 aliphatic carbocycles. The van der Waals surface area contributed by atoms with Crippen molar-refractivity contribution in [2.24, 2.45) is 0 Å². The Labute approximate surface area is 259 Å². The minimum atomic E-state index is 0.494. The maximum absolute atomic E-state index is 9.68. The first-order chi connectivity index (χ1) is 22.2. The second-order valence-electron chi connectivity index (χ2n) is 10.8. The van der Waals surface area contributed by atoms with Gasteiger partial charge in [0.15, 0.2) is 17.5 Å². The number of aromatic nitrogens is 3. The molecule has 0 N–H and O–H groups in total. The quantitative estimate of drug-likeness (QED) is 0.204. The molecular weight excluding hydrogens is 552 g/mol. The molecule has 8 aromatic rings. The van der Waals surface area contributed by atoms with E-state index in [-0.39, 0.29) is 0 Å². The van der Waals surface area contributed by atoms with Crippen LogP contribution in [0.1, 0.15) is 5.56 Å². The van der Waals surface area contributed by atoms with E-state index in [1.807, 2.05) is 84.9 Å². The molecule has 0 amide bonds. The highest BCUT2D eigenvalue weighted by Gasteiger charge is 2.22. The summed E-state index contributed by atoms with van der Waals surface area (Å²) in [5.74, 6) is 1.61. The van der Waals surface area contributed by atoms with Crippen molar-refractivity contribution in [1.29, 1.82) is 5.26 Å². The van der Waals surface area contributed by atoms with Gasteiger partial charge in [0, 0.05) is 21.9 Å². The van der Waals surface area contributed by atoms with Gasteiger partial charge in [0.25, 0.3) is 0 Å². The van der Waals surface area contributed by atoms with E-state index in [1.54, 1.807) is 6.07 Å². The molecule has 210 valence electrons. The van der Waals surface area contributed by atoms with E-state index in [9.17, 15) is 5.26 Å². The number of fused-ring (bicyclic) bond motifs is 3. The largest absolute Gasteiger partial charge is 0.455 e. The van der Waals surface area contributed by atoms with Crippen LogP contribution >= 0.6 is 0 Å². The number of rotatable bonds is 5. The molecule has 0 unspecified atom stereocenters. The third-order valence-electron chi connectivity index (χ3n) is 7.99. The molecule has 0 saturated carbocycles. The number of furan rings is 1. The molecular formula is C40H24N4O. The monoisotopic (exact) mass is 576 g/mol. The second-order valence-corrected chi connectivity index (χ2v) is 10.8. The summed E-state index contributed by atoms with van der Waals surface area (Å²) in [4.78, 5) is 15.1. The van der Waals surface area contributed by atoms with Crippen molar-refractivity contribution in [2.75, 3.05) is 0 Å². The van der Waals surface area contributed by atoms with Gasteiger partial charge in [0.2, 0.25) is 0 Å². The van der Waals surface area contributed by atoms with Gasteiger partial charge in [-0.3, -0.25) is 0 Å². The summed E-state index contributed by atoms with van der Waals surface area (Å²) in [7, 11) is 0. The second kappa shape index (κ2) is 11.0. The van der Waals surface area contributed by atoms with Crippen molar-refractivity contribution in [1.82, 2.24) is 15.0 Å². The van der Waals surface area contributed by atoms with E-state index in [4.69, 9.17) is 19.4 Å². The highest BCUT2D eigenvalue weighted by atomic mass is 16.3. The molecule has 0 fully saturated rings. The molecule has 0 spiro atoms.